The molecule has 0 bridgehead atoms. The standard InChI is InChI=1S/C13H23N3S/c1-10(13-11(2)17-12(3)15-13)14-6-9-16-7-4-5-8-16/h10,14H,4-9H2,1-3H3. The van der Waals surface area contributed by atoms with Gasteiger partial charge < -0.3 is 10.2 Å². The average Bonchev–Trinajstić information content (AvgIpc) is 2.88. The molecule has 0 amide bonds. The smallest absolute Gasteiger partial charge is 0.0900 e. The molecule has 0 saturated carbocycles. The van der Waals surface area contributed by atoms with Gasteiger partial charge in [0.25, 0.3) is 0 Å². The highest BCUT2D eigenvalue weighted by atomic mass is 32.1. The molecule has 0 spiro atoms. The summed E-state index contributed by atoms with van der Waals surface area (Å²) in [6.45, 7) is 11.3. The van der Waals surface area contributed by atoms with Crippen LogP contribution in [0.15, 0.2) is 0 Å². The van der Waals surface area contributed by atoms with E-state index in [9.17, 15) is 0 Å². The number of aromatic nitrogens is 1. The van der Waals surface area contributed by atoms with E-state index in [4.69, 9.17) is 0 Å². The van der Waals surface area contributed by atoms with E-state index in [1.807, 2.05) is 0 Å². The van der Waals surface area contributed by atoms with Crippen LogP contribution >= 0.6 is 11.3 Å². The van der Waals surface area contributed by atoms with Gasteiger partial charge in [0.15, 0.2) is 0 Å². The van der Waals surface area contributed by atoms with Crippen LogP contribution in [0.5, 0.6) is 0 Å². The van der Waals surface area contributed by atoms with Gasteiger partial charge in [-0.15, -0.1) is 11.3 Å². The van der Waals surface area contributed by atoms with E-state index >= 15 is 0 Å². The monoisotopic (exact) mass is 253 g/mol. The Kier molecular flexibility index (Phi) is 4.54. The third-order valence-corrected chi connectivity index (χ3v) is 4.33. The maximum atomic E-state index is 4.60. The van der Waals surface area contributed by atoms with Crippen LogP contribution in [0.1, 0.15) is 41.4 Å². The van der Waals surface area contributed by atoms with Crippen LogP contribution in [-0.2, 0) is 0 Å². The van der Waals surface area contributed by atoms with E-state index in [1.54, 1.807) is 11.3 Å². The number of likely N-dealkylation sites (tertiary alicyclic amines) is 1. The molecular formula is C13H23N3S. The van der Waals surface area contributed by atoms with E-state index in [2.05, 4.69) is 36.0 Å². The minimum absolute atomic E-state index is 0.377. The minimum Gasteiger partial charge on any atom is -0.308 e. The Morgan fingerprint density at radius 2 is 2.06 bits per heavy atom. The topological polar surface area (TPSA) is 28.2 Å². The predicted molar refractivity (Wildman–Crippen MR) is 73.7 cm³/mol. The summed E-state index contributed by atoms with van der Waals surface area (Å²) < 4.78 is 0. The first-order chi connectivity index (χ1) is 8.16. The minimum atomic E-state index is 0.377. The number of aryl methyl sites for hydroxylation is 2. The van der Waals surface area contributed by atoms with Gasteiger partial charge in [0.1, 0.15) is 0 Å². The zero-order valence-electron chi connectivity index (χ0n) is 11.1. The SMILES string of the molecule is Cc1nc(C(C)NCCN2CCCC2)c(C)s1. The molecule has 1 N–H and O–H groups in total. The molecule has 1 aromatic rings. The van der Waals surface area contributed by atoms with Crippen molar-refractivity contribution < 1.29 is 0 Å². The largest absolute Gasteiger partial charge is 0.308 e. The summed E-state index contributed by atoms with van der Waals surface area (Å²) in [5.74, 6) is 0. The summed E-state index contributed by atoms with van der Waals surface area (Å²) in [6.07, 6.45) is 2.75. The van der Waals surface area contributed by atoms with Crippen LogP contribution in [-0.4, -0.2) is 36.1 Å². The Hall–Kier alpha value is -0.450. The second-order valence-corrected chi connectivity index (χ2v) is 6.31. The number of hydrogen-bond donors (Lipinski definition) is 1. The van der Waals surface area contributed by atoms with Crippen LogP contribution in [0.3, 0.4) is 0 Å². The third-order valence-electron chi connectivity index (χ3n) is 3.43. The zero-order valence-corrected chi connectivity index (χ0v) is 11.9. The predicted octanol–water partition coefficient (Wildman–Crippen LogP) is 2.51. The van der Waals surface area contributed by atoms with Gasteiger partial charge in [-0.05, 0) is 46.7 Å². The Labute approximate surface area is 108 Å². The van der Waals surface area contributed by atoms with Crippen molar-refractivity contribution >= 4 is 11.3 Å². The molecule has 1 saturated heterocycles. The van der Waals surface area contributed by atoms with Crippen molar-refractivity contribution in [3.05, 3.63) is 15.6 Å². The lowest BCUT2D eigenvalue weighted by atomic mass is 10.2. The molecule has 4 heteroatoms. The van der Waals surface area contributed by atoms with Gasteiger partial charge in [-0.1, -0.05) is 0 Å². The van der Waals surface area contributed by atoms with Crippen molar-refractivity contribution in [2.24, 2.45) is 0 Å². The molecule has 17 heavy (non-hydrogen) atoms. The first-order valence-electron chi connectivity index (χ1n) is 6.56. The zero-order chi connectivity index (χ0) is 12.3. The lowest BCUT2D eigenvalue weighted by molar-refractivity contribution is 0.329. The summed E-state index contributed by atoms with van der Waals surface area (Å²) in [7, 11) is 0. The highest BCUT2D eigenvalue weighted by Crippen LogP contribution is 2.22. The Balaban J connectivity index is 1.76. The summed E-state index contributed by atoms with van der Waals surface area (Å²) in [5.41, 5.74) is 1.23. The van der Waals surface area contributed by atoms with Gasteiger partial charge in [-0.25, -0.2) is 4.98 Å². The average molecular weight is 253 g/mol. The molecule has 96 valence electrons. The third kappa shape index (κ3) is 3.50. The fourth-order valence-electron chi connectivity index (χ4n) is 2.49. The molecule has 1 atom stereocenters. The van der Waals surface area contributed by atoms with Gasteiger partial charge >= 0.3 is 0 Å². The Morgan fingerprint density at radius 1 is 1.35 bits per heavy atom. The molecule has 1 aliphatic heterocycles. The molecule has 2 heterocycles. The molecule has 0 aliphatic carbocycles. The fraction of sp³-hybridized carbons (Fsp3) is 0.769. The van der Waals surface area contributed by atoms with Crippen LogP contribution in [0.2, 0.25) is 0 Å². The van der Waals surface area contributed by atoms with Crippen molar-refractivity contribution in [3.63, 3.8) is 0 Å². The van der Waals surface area contributed by atoms with Gasteiger partial charge in [0.05, 0.1) is 10.7 Å². The fourth-order valence-corrected chi connectivity index (χ4v) is 3.40. The van der Waals surface area contributed by atoms with Crippen molar-refractivity contribution in [2.75, 3.05) is 26.2 Å². The molecule has 0 aromatic carbocycles. The molecular weight excluding hydrogens is 230 g/mol. The van der Waals surface area contributed by atoms with Crippen LogP contribution < -0.4 is 5.32 Å². The molecule has 1 aliphatic rings. The molecule has 3 nitrogen and oxygen atoms in total. The summed E-state index contributed by atoms with van der Waals surface area (Å²) in [6, 6.07) is 0.377. The lowest BCUT2D eigenvalue weighted by Crippen LogP contribution is -2.31. The number of thiazole rings is 1. The normalized spacial score (nSPS) is 18.8. The Morgan fingerprint density at radius 3 is 2.65 bits per heavy atom. The van der Waals surface area contributed by atoms with Crippen LogP contribution in [0.25, 0.3) is 0 Å². The summed E-state index contributed by atoms with van der Waals surface area (Å²) in [4.78, 5) is 8.49. The Bertz CT molecular complexity index is 356. The highest BCUT2D eigenvalue weighted by molar-refractivity contribution is 7.11. The lowest BCUT2D eigenvalue weighted by Gasteiger charge is -2.17. The van der Waals surface area contributed by atoms with Crippen LogP contribution in [0, 0.1) is 13.8 Å². The quantitative estimate of drug-likeness (QED) is 0.874. The molecule has 1 unspecified atom stereocenters. The van der Waals surface area contributed by atoms with E-state index in [0.29, 0.717) is 6.04 Å². The maximum Gasteiger partial charge on any atom is 0.0900 e. The summed E-state index contributed by atoms with van der Waals surface area (Å²) in [5, 5.41) is 4.75. The highest BCUT2D eigenvalue weighted by Gasteiger charge is 2.14. The van der Waals surface area contributed by atoms with Crippen molar-refractivity contribution in [2.45, 2.75) is 39.7 Å². The van der Waals surface area contributed by atoms with Crippen LogP contribution in [0.4, 0.5) is 0 Å². The van der Waals surface area contributed by atoms with Gasteiger partial charge in [0.2, 0.25) is 0 Å². The van der Waals surface area contributed by atoms with E-state index in [-0.39, 0.29) is 0 Å². The van der Waals surface area contributed by atoms with E-state index < -0.39 is 0 Å². The van der Waals surface area contributed by atoms with E-state index in [0.717, 1.165) is 6.54 Å². The summed E-state index contributed by atoms with van der Waals surface area (Å²) >= 11 is 1.79. The number of nitrogens with zero attached hydrogens (tertiary/aromatic N) is 2. The van der Waals surface area contributed by atoms with Crippen molar-refractivity contribution in [3.8, 4) is 0 Å². The molecule has 2 rings (SSSR count). The molecule has 1 fully saturated rings. The second kappa shape index (κ2) is 5.94. The van der Waals surface area contributed by atoms with Gasteiger partial charge in [-0.3, -0.25) is 0 Å². The maximum absolute atomic E-state index is 4.60. The van der Waals surface area contributed by atoms with Crippen molar-refractivity contribution in [1.82, 2.24) is 15.2 Å². The number of hydrogen-bond acceptors (Lipinski definition) is 4. The first-order valence-corrected chi connectivity index (χ1v) is 7.38. The molecule has 1 aromatic heterocycles. The van der Waals surface area contributed by atoms with Crippen molar-refractivity contribution in [1.29, 1.82) is 0 Å². The second-order valence-electron chi connectivity index (χ2n) is 4.90. The van der Waals surface area contributed by atoms with Gasteiger partial charge in [0, 0.05) is 24.0 Å². The van der Waals surface area contributed by atoms with Gasteiger partial charge in [-0.2, -0.15) is 0 Å². The molecule has 0 radical (unpaired) electrons. The number of rotatable bonds is 5. The number of nitrogens with one attached hydrogen (secondary N) is 1. The first kappa shape index (κ1) is 13.0. The van der Waals surface area contributed by atoms with E-state index in [1.165, 1.54) is 48.1 Å².